The molecule has 11 heteroatoms. The Morgan fingerprint density at radius 2 is 1.74 bits per heavy atom. The smallest absolute Gasteiger partial charge is 0.258 e. The molecule has 0 aliphatic rings. The highest BCUT2D eigenvalue weighted by atomic mass is 32.2. The molecule has 1 heterocycles. The Kier molecular flexibility index (Phi) is 4.82. The quantitative estimate of drug-likeness (QED) is 0.458. The fraction of sp³-hybridized carbons (Fsp3) is 0.0625. The van der Waals surface area contributed by atoms with Gasteiger partial charge in [0, 0.05) is 22.5 Å². The van der Waals surface area contributed by atoms with E-state index in [4.69, 9.17) is 0 Å². The van der Waals surface area contributed by atoms with E-state index in [9.17, 15) is 31.7 Å². The monoisotopic (exact) mass is 414 g/mol. The van der Waals surface area contributed by atoms with Gasteiger partial charge < -0.3 is 0 Å². The van der Waals surface area contributed by atoms with Gasteiger partial charge in [-0.3, -0.25) is 15.1 Å². The molecule has 2 aromatic carbocycles. The highest BCUT2D eigenvalue weighted by Gasteiger charge is 2.47. The van der Waals surface area contributed by atoms with E-state index in [0.717, 1.165) is 23.2 Å². The zero-order chi connectivity index (χ0) is 19.8. The summed E-state index contributed by atoms with van der Waals surface area (Å²) >= 11 is 0.919. The molecule has 0 radical (unpaired) electrons. The lowest BCUT2D eigenvalue weighted by atomic mass is 10.2. The topological polar surface area (TPSA) is 90.2 Å². The third-order valence-electron chi connectivity index (χ3n) is 3.56. The summed E-state index contributed by atoms with van der Waals surface area (Å²) in [5.41, 5.74) is -5.72. The third-order valence-corrected chi connectivity index (χ3v) is 6.16. The highest BCUT2D eigenvalue weighted by molar-refractivity contribution is 7.99. The van der Waals surface area contributed by atoms with E-state index in [1.54, 1.807) is 36.5 Å². The third kappa shape index (κ3) is 3.60. The van der Waals surface area contributed by atoms with Gasteiger partial charge in [0.15, 0.2) is 0 Å². The van der Waals surface area contributed by atoms with Crippen molar-refractivity contribution in [3.8, 4) is 0 Å². The number of sulfone groups is 1. The van der Waals surface area contributed by atoms with Crippen molar-refractivity contribution in [3.05, 3.63) is 64.8 Å². The van der Waals surface area contributed by atoms with Crippen LogP contribution in [0.2, 0.25) is 0 Å². The fourth-order valence-electron chi connectivity index (χ4n) is 2.30. The van der Waals surface area contributed by atoms with Gasteiger partial charge in [-0.1, -0.05) is 30.0 Å². The Hall–Kier alpha value is -2.66. The van der Waals surface area contributed by atoms with Gasteiger partial charge >= 0.3 is 5.51 Å². The van der Waals surface area contributed by atoms with Crippen molar-refractivity contribution >= 4 is 38.2 Å². The molecule has 0 amide bonds. The summed E-state index contributed by atoms with van der Waals surface area (Å²) in [5.74, 6) is 0. The van der Waals surface area contributed by atoms with Crippen LogP contribution in [0, 0.1) is 10.1 Å². The number of pyridine rings is 1. The minimum atomic E-state index is -5.68. The van der Waals surface area contributed by atoms with Crippen molar-refractivity contribution in [2.45, 2.75) is 20.2 Å². The van der Waals surface area contributed by atoms with Crippen LogP contribution in [0.1, 0.15) is 0 Å². The van der Waals surface area contributed by atoms with Gasteiger partial charge in [-0.25, -0.2) is 8.42 Å². The average Bonchev–Trinajstić information content (AvgIpc) is 2.61. The minimum Gasteiger partial charge on any atom is -0.258 e. The number of rotatable bonds is 4. The van der Waals surface area contributed by atoms with Gasteiger partial charge in [-0.2, -0.15) is 13.2 Å². The van der Waals surface area contributed by atoms with E-state index in [2.05, 4.69) is 4.98 Å². The second kappa shape index (κ2) is 6.82. The predicted octanol–water partition coefficient (Wildman–Crippen LogP) is 4.59. The van der Waals surface area contributed by atoms with E-state index in [1.165, 1.54) is 0 Å². The lowest BCUT2D eigenvalue weighted by molar-refractivity contribution is -0.388. The second-order valence-corrected chi connectivity index (χ2v) is 8.29. The Bertz CT molecular complexity index is 1140. The number of nitrogens with zero attached hydrogens (tertiary/aromatic N) is 2. The van der Waals surface area contributed by atoms with Crippen LogP contribution < -0.4 is 0 Å². The standard InChI is InChI=1S/C16H9F3N2O4S2/c17-16(18,19)27(24,25)11-6-7-13(12(9-11)21(22)23)26-14-5-1-3-10-4-2-8-20-15(10)14/h1-9H. The number of para-hydroxylation sites is 1. The van der Waals surface area contributed by atoms with Crippen molar-refractivity contribution in [3.63, 3.8) is 0 Å². The molecule has 0 saturated heterocycles. The van der Waals surface area contributed by atoms with Gasteiger partial charge in [0.1, 0.15) is 0 Å². The maximum absolute atomic E-state index is 12.7. The van der Waals surface area contributed by atoms with Crippen LogP contribution in [0.5, 0.6) is 0 Å². The first-order valence-corrected chi connectivity index (χ1v) is 9.52. The van der Waals surface area contributed by atoms with E-state index in [0.29, 0.717) is 22.5 Å². The summed E-state index contributed by atoms with van der Waals surface area (Å²) in [7, 11) is -5.68. The normalized spacial score (nSPS) is 12.3. The molecule has 0 spiro atoms. The number of aromatic nitrogens is 1. The number of alkyl halides is 3. The van der Waals surface area contributed by atoms with Crippen molar-refractivity contribution in [2.75, 3.05) is 0 Å². The Morgan fingerprint density at radius 3 is 2.41 bits per heavy atom. The zero-order valence-electron chi connectivity index (χ0n) is 13.2. The van der Waals surface area contributed by atoms with Crippen LogP contribution in [0.4, 0.5) is 18.9 Å². The molecule has 0 aliphatic heterocycles. The molecule has 140 valence electrons. The second-order valence-electron chi connectivity index (χ2n) is 5.27. The summed E-state index contributed by atoms with van der Waals surface area (Å²) in [6.07, 6.45) is 1.54. The van der Waals surface area contributed by atoms with Crippen LogP contribution >= 0.6 is 11.8 Å². The van der Waals surface area contributed by atoms with Crippen LogP contribution in [-0.2, 0) is 9.84 Å². The number of hydrogen-bond donors (Lipinski definition) is 0. The summed E-state index contributed by atoms with van der Waals surface area (Å²) in [5, 5.41) is 12.1. The average molecular weight is 414 g/mol. The molecule has 3 rings (SSSR count). The van der Waals surface area contributed by atoms with E-state index in [1.807, 2.05) is 0 Å². The maximum atomic E-state index is 12.7. The first-order valence-electron chi connectivity index (χ1n) is 7.22. The number of nitro groups is 1. The van der Waals surface area contributed by atoms with E-state index >= 15 is 0 Å². The number of halogens is 3. The molecule has 0 fully saturated rings. The summed E-state index contributed by atoms with van der Waals surface area (Å²) in [6, 6.07) is 10.8. The molecule has 0 bridgehead atoms. The van der Waals surface area contributed by atoms with E-state index < -0.39 is 30.9 Å². The predicted molar refractivity (Wildman–Crippen MR) is 92.2 cm³/mol. The van der Waals surface area contributed by atoms with Crippen molar-refractivity contribution < 1.29 is 26.5 Å². The van der Waals surface area contributed by atoms with E-state index in [-0.39, 0.29) is 4.90 Å². The molecule has 3 aromatic rings. The van der Waals surface area contributed by atoms with Crippen molar-refractivity contribution in [2.24, 2.45) is 0 Å². The molecule has 0 saturated carbocycles. The molecule has 0 N–H and O–H groups in total. The first kappa shape index (κ1) is 19.1. The molecule has 1 aromatic heterocycles. The molecule has 0 atom stereocenters. The van der Waals surface area contributed by atoms with Crippen LogP contribution in [-0.4, -0.2) is 23.8 Å². The first-order chi connectivity index (χ1) is 12.6. The zero-order valence-corrected chi connectivity index (χ0v) is 14.8. The largest absolute Gasteiger partial charge is 0.501 e. The fourth-order valence-corrected chi connectivity index (χ4v) is 4.11. The lowest BCUT2D eigenvalue weighted by Gasteiger charge is -2.10. The van der Waals surface area contributed by atoms with Crippen LogP contribution in [0.3, 0.4) is 0 Å². The van der Waals surface area contributed by atoms with Crippen molar-refractivity contribution in [1.82, 2.24) is 4.98 Å². The number of fused-ring (bicyclic) bond motifs is 1. The van der Waals surface area contributed by atoms with Gasteiger partial charge in [0.2, 0.25) is 0 Å². The molecule has 0 aliphatic carbocycles. The van der Waals surface area contributed by atoms with Gasteiger partial charge in [0.25, 0.3) is 15.5 Å². The molecule has 27 heavy (non-hydrogen) atoms. The molecular weight excluding hydrogens is 405 g/mol. The number of hydrogen-bond acceptors (Lipinski definition) is 6. The Balaban J connectivity index is 2.10. The summed E-state index contributed by atoms with van der Waals surface area (Å²) < 4.78 is 61.1. The lowest BCUT2D eigenvalue weighted by Crippen LogP contribution is -2.23. The summed E-state index contributed by atoms with van der Waals surface area (Å²) in [6.45, 7) is 0. The SMILES string of the molecule is O=[N+]([O-])c1cc(S(=O)(=O)C(F)(F)F)ccc1Sc1cccc2cccnc12. The number of benzene rings is 2. The van der Waals surface area contributed by atoms with Gasteiger partial charge in [0.05, 0.1) is 20.2 Å². The Morgan fingerprint density at radius 1 is 1.04 bits per heavy atom. The molecular formula is C16H9F3N2O4S2. The van der Waals surface area contributed by atoms with Gasteiger partial charge in [-0.05, 0) is 24.3 Å². The minimum absolute atomic E-state index is 0.000669. The summed E-state index contributed by atoms with van der Waals surface area (Å²) in [4.78, 5) is 14.0. The number of nitro benzene ring substituents is 1. The van der Waals surface area contributed by atoms with Gasteiger partial charge in [-0.15, -0.1) is 0 Å². The molecule has 0 unspecified atom stereocenters. The highest BCUT2D eigenvalue weighted by Crippen LogP contribution is 2.40. The van der Waals surface area contributed by atoms with Crippen LogP contribution in [0.15, 0.2) is 69.4 Å². The Labute approximate surface area is 155 Å². The maximum Gasteiger partial charge on any atom is 0.501 e. The molecule has 6 nitrogen and oxygen atoms in total. The van der Waals surface area contributed by atoms with Crippen molar-refractivity contribution in [1.29, 1.82) is 0 Å². The van der Waals surface area contributed by atoms with Crippen LogP contribution in [0.25, 0.3) is 10.9 Å².